The second-order valence-corrected chi connectivity index (χ2v) is 8.62. The van der Waals surface area contributed by atoms with Gasteiger partial charge in [-0.05, 0) is 58.0 Å². The fourth-order valence-electron chi connectivity index (χ4n) is 3.30. The average Bonchev–Trinajstić information content (AvgIpc) is 2.91. The zero-order valence-electron chi connectivity index (χ0n) is 14.8. The lowest BCUT2D eigenvalue weighted by atomic mass is 9.93. The Kier molecular flexibility index (Phi) is 5.24. The van der Waals surface area contributed by atoms with Crippen LogP contribution in [0.2, 0.25) is 0 Å². The summed E-state index contributed by atoms with van der Waals surface area (Å²) < 4.78 is 1.08. The molecule has 1 aliphatic rings. The molecule has 3 rings (SSSR count). The second kappa shape index (κ2) is 7.25. The van der Waals surface area contributed by atoms with Crippen LogP contribution in [0.3, 0.4) is 0 Å². The van der Waals surface area contributed by atoms with Gasteiger partial charge in [0.2, 0.25) is 5.91 Å². The van der Waals surface area contributed by atoms with Crippen molar-refractivity contribution in [3.63, 3.8) is 0 Å². The molecule has 0 radical (unpaired) electrons. The van der Waals surface area contributed by atoms with E-state index >= 15 is 0 Å². The number of nitrogens with zero attached hydrogens (tertiary/aromatic N) is 2. The van der Waals surface area contributed by atoms with Crippen LogP contribution in [0.1, 0.15) is 40.0 Å². The zero-order valence-corrected chi connectivity index (χ0v) is 16.5. The Morgan fingerprint density at radius 3 is 2.96 bits per heavy atom. The Bertz CT molecular complexity index is 753. The third-order valence-electron chi connectivity index (χ3n) is 4.39. The number of amides is 1. The number of hydrogen-bond donors (Lipinski definition) is 2. The summed E-state index contributed by atoms with van der Waals surface area (Å²) in [5.41, 5.74) is 0.959. The summed E-state index contributed by atoms with van der Waals surface area (Å²) in [5.74, 6) is 0.00271. The first-order valence-corrected chi connectivity index (χ1v) is 9.81. The summed E-state index contributed by atoms with van der Waals surface area (Å²) in [7, 11) is 0. The zero-order chi connectivity index (χ0) is 18.0. The van der Waals surface area contributed by atoms with E-state index in [2.05, 4.69) is 41.3 Å². The number of thiocarbonyl (C=S) groups is 1. The Labute approximate surface area is 157 Å². The summed E-state index contributed by atoms with van der Waals surface area (Å²) in [5, 5.41) is 7.73. The van der Waals surface area contributed by atoms with Crippen molar-refractivity contribution < 1.29 is 4.79 Å². The molecule has 1 fully saturated rings. The smallest absolute Gasteiger partial charge is 0.226 e. The van der Waals surface area contributed by atoms with Crippen molar-refractivity contribution in [2.45, 2.75) is 51.6 Å². The molecule has 0 spiro atoms. The molecule has 1 saturated heterocycles. The first-order chi connectivity index (χ1) is 11.8. The van der Waals surface area contributed by atoms with Gasteiger partial charge >= 0.3 is 0 Å². The van der Waals surface area contributed by atoms with E-state index in [0.717, 1.165) is 34.7 Å². The van der Waals surface area contributed by atoms with Crippen molar-refractivity contribution in [1.82, 2.24) is 15.2 Å². The van der Waals surface area contributed by atoms with Crippen molar-refractivity contribution >= 4 is 49.9 Å². The van der Waals surface area contributed by atoms with E-state index in [4.69, 9.17) is 12.2 Å². The maximum Gasteiger partial charge on any atom is 0.226 e. The van der Waals surface area contributed by atoms with Crippen LogP contribution in [0.15, 0.2) is 24.3 Å². The number of para-hydroxylation sites is 1. The van der Waals surface area contributed by atoms with Crippen LogP contribution in [-0.4, -0.2) is 39.0 Å². The van der Waals surface area contributed by atoms with Crippen molar-refractivity contribution in [2.75, 3.05) is 11.9 Å². The Hall–Kier alpha value is -1.73. The molecule has 2 aromatic rings. The van der Waals surface area contributed by atoms with Crippen molar-refractivity contribution in [2.24, 2.45) is 0 Å². The predicted molar refractivity (Wildman–Crippen MR) is 108 cm³/mol. The first-order valence-electron chi connectivity index (χ1n) is 8.58. The highest BCUT2D eigenvalue weighted by Crippen LogP contribution is 2.26. The normalized spacial score (nSPS) is 19.7. The molecule has 25 heavy (non-hydrogen) atoms. The number of hydrogen-bond acceptors (Lipinski definition) is 4. The highest BCUT2D eigenvalue weighted by Gasteiger charge is 2.32. The van der Waals surface area contributed by atoms with Gasteiger partial charge in [0.1, 0.15) is 0 Å². The van der Waals surface area contributed by atoms with Crippen LogP contribution in [0.4, 0.5) is 5.13 Å². The van der Waals surface area contributed by atoms with Crippen molar-refractivity contribution in [3.8, 4) is 0 Å². The topological polar surface area (TPSA) is 57.3 Å². The Balaban J connectivity index is 1.48. The number of fused-ring (bicyclic) bond motifs is 1. The van der Waals surface area contributed by atoms with E-state index in [1.807, 2.05) is 24.3 Å². The molecule has 0 aliphatic carbocycles. The van der Waals surface area contributed by atoms with E-state index < -0.39 is 0 Å². The third kappa shape index (κ3) is 4.46. The van der Waals surface area contributed by atoms with Gasteiger partial charge in [0.25, 0.3) is 0 Å². The van der Waals surface area contributed by atoms with Gasteiger partial charge in [-0.15, -0.1) is 0 Å². The molecule has 1 aliphatic heterocycles. The summed E-state index contributed by atoms with van der Waals surface area (Å²) >= 11 is 6.98. The number of carbonyl (C=O) groups is 1. The van der Waals surface area contributed by atoms with Gasteiger partial charge in [0.15, 0.2) is 10.2 Å². The molecule has 1 unspecified atom stereocenters. The molecule has 134 valence electrons. The van der Waals surface area contributed by atoms with Gasteiger partial charge in [0, 0.05) is 24.5 Å². The van der Waals surface area contributed by atoms with Crippen LogP contribution >= 0.6 is 23.6 Å². The monoisotopic (exact) mass is 376 g/mol. The molecule has 0 bridgehead atoms. The molecule has 2 heterocycles. The molecule has 1 amide bonds. The number of anilines is 1. The van der Waals surface area contributed by atoms with Crippen LogP contribution in [0, 0.1) is 0 Å². The fraction of sp³-hybridized carbons (Fsp3) is 0.500. The fourth-order valence-corrected chi connectivity index (χ4v) is 4.73. The minimum Gasteiger partial charge on any atom is -0.358 e. The molecule has 5 nitrogen and oxygen atoms in total. The van der Waals surface area contributed by atoms with Gasteiger partial charge in [-0.25, -0.2) is 4.98 Å². The number of rotatable bonds is 5. The molecular formula is C18H24N4OS2. The lowest BCUT2D eigenvalue weighted by Crippen LogP contribution is -2.60. The van der Waals surface area contributed by atoms with Gasteiger partial charge in [-0.1, -0.05) is 23.5 Å². The quantitative estimate of drug-likeness (QED) is 0.778. The summed E-state index contributed by atoms with van der Waals surface area (Å²) in [6.45, 7) is 7.31. The Morgan fingerprint density at radius 1 is 1.48 bits per heavy atom. The third-order valence-corrected chi connectivity index (χ3v) is 5.68. The molecule has 1 aromatic heterocycles. The number of aromatic nitrogens is 1. The highest BCUT2D eigenvalue weighted by atomic mass is 32.1. The maximum absolute atomic E-state index is 12.2. The summed E-state index contributed by atoms with van der Waals surface area (Å²) in [6.07, 6.45) is 2.26. The molecular weight excluding hydrogens is 352 g/mol. The lowest BCUT2D eigenvalue weighted by Gasteiger charge is -2.44. The minimum atomic E-state index is 0.00271. The van der Waals surface area contributed by atoms with E-state index in [1.54, 1.807) is 0 Å². The van der Waals surface area contributed by atoms with E-state index in [9.17, 15) is 4.79 Å². The second-order valence-electron chi connectivity index (χ2n) is 7.20. The van der Waals surface area contributed by atoms with E-state index in [1.165, 1.54) is 11.3 Å². The summed E-state index contributed by atoms with van der Waals surface area (Å²) in [4.78, 5) is 18.8. The number of nitrogens with one attached hydrogen (secondary N) is 2. The SMILES string of the molecule is CC1CC(C)(C)NC(=S)N1CCCC(=O)Nc1nc2ccccc2s1. The van der Waals surface area contributed by atoms with Crippen molar-refractivity contribution in [3.05, 3.63) is 24.3 Å². The first kappa shape index (κ1) is 18.1. The highest BCUT2D eigenvalue weighted by molar-refractivity contribution is 7.80. The number of carbonyl (C=O) groups excluding carboxylic acids is 1. The lowest BCUT2D eigenvalue weighted by molar-refractivity contribution is -0.116. The number of thiazole rings is 1. The van der Waals surface area contributed by atoms with E-state index in [0.29, 0.717) is 17.6 Å². The van der Waals surface area contributed by atoms with Gasteiger partial charge in [-0.3, -0.25) is 4.79 Å². The summed E-state index contributed by atoms with van der Waals surface area (Å²) in [6, 6.07) is 8.27. The number of benzene rings is 1. The van der Waals surface area contributed by atoms with Crippen LogP contribution in [0.5, 0.6) is 0 Å². The van der Waals surface area contributed by atoms with E-state index in [-0.39, 0.29) is 11.4 Å². The maximum atomic E-state index is 12.2. The van der Waals surface area contributed by atoms with Crippen LogP contribution in [0.25, 0.3) is 10.2 Å². The molecule has 2 N–H and O–H groups in total. The van der Waals surface area contributed by atoms with Gasteiger partial charge in [0.05, 0.1) is 10.2 Å². The van der Waals surface area contributed by atoms with Gasteiger partial charge < -0.3 is 15.5 Å². The predicted octanol–water partition coefficient (Wildman–Crippen LogP) is 3.76. The molecule has 7 heteroatoms. The standard InChI is InChI=1S/C18H24N4OS2/c1-12-11-18(2,3)21-17(24)22(12)10-6-9-15(23)20-16-19-13-7-4-5-8-14(13)25-16/h4-5,7-8,12H,6,9-11H2,1-3H3,(H,21,24)(H,19,20,23). The largest absolute Gasteiger partial charge is 0.358 e. The molecule has 1 atom stereocenters. The van der Waals surface area contributed by atoms with Crippen LogP contribution in [-0.2, 0) is 4.79 Å². The van der Waals surface area contributed by atoms with Gasteiger partial charge in [-0.2, -0.15) is 0 Å². The molecule has 0 saturated carbocycles. The minimum absolute atomic E-state index is 0.00271. The molecule has 1 aromatic carbocycles. The van der Waals surface area contributed by atoms with Crippen LogP contribution < -0.4 is 10.6 Å². The Morgan fingerprint density at radius 2 is 2.24 bits per heavy atom. The van der Waals surface area contributed by atoms with Crippen molar-refractivity contribution in [1.29, 1.82) is 0 Å². The average molecular weight is 377 g/mol.